The van der Waals surface area contributed by atoms with Crippen molar-refractivity contribution in [1.82, 2.24) is 19.6 Å². The summed E-state index contributed by atoms with van der Waals surface area (Å²) in [6.45, 7) is 5.32. The molecule has 3 N–H and O–H groups in total. The maximum absolute atomic E-state index is 13.2. The number of para-hydroxylation sites is 1. The highest BCUT2D eigenvalue weighted by Crippen LogP contribution is 2.37. The van der Waals surface area contributed by atoms with Gasteiger partial charge in [-0.05, 0) is 67.9 Å². The lowest BCUT2D eigenvalue weighted by Crippen LogP contribution is -2.39. The molecule has 2 aliphatic rings. The fourth-order valence-electron chi connectivity index (χ4n) is 5.72. The number of fused-ring (bicyclic) bond motifs is 1. The van der Waals surface area contributed by atoms with Crippen LogP contribution >= 0.6 is 0 Å². The molecule has 260 valence electrons. The van der Waals surface area contributed by atoms with Crippen molar-refractivity contribution in [3.63, 3.8) is 0 Å². The number of halogens is 6. The van der Waals surface area contributed by atoms with Crippen LogP contribution in [0.5, 0.6) is 0 Å². The van der Waals surface area contributed by atoms with E-state index in [4.69, 9.17) is 9.72 Å². The summed E-state index contributed by atoms with van der Waals surface area (Å²) in [5.74, 6) is 1.36. The van der Waals surface area contributed by atoms with E-state index in [1.165, 1.54) is 0 Å². The summed E-state index contributed by atoms with van der Waals surface area (Å²) in [7, 11) is -4.61. The molecule has 0 spiro atoms. The summed E-state index contributed by atoms with van der Waals surface area (Å²) in [6, 6.07) is 8.08. The number of rotatable bonds is 11. The van der Waals surface area contributed by atoms with E-state index in [-0.39, 0.29) is 44.0 Å². The van der Waals surface area contributed by atoms with Crippen molar-refractivity contribution in [2.75, 3.05) is 63.1 Å². The van der Waals surface area contributed by atoms with E-state index in [1.807, 2.05) is 24.3 Å². The maximum Gasteiger partial charge on any atom is 0.416 e. The van der Waals surface area contributed by atoms with Crippen molar-refractivity contribution in [2.45, 2.75) is 50.4 Å². The SMILES string of the molecule is C.O=S(=O)(NCC1CCC(CNc2nc(NCCN3CCOCC3)c3ccccc3n2)CC1)c1cc(C(F)(F)F)cc(C(F)(F)F)c1. The van der Waals surface area contributed by atoms with E-state index in [9.17, 15) is 34.8 Å². The van der Waals surface area contributed by atoms with E-state index >= 15 is 0 Å². The highest BCUT2D eigenvalue weighted by atomic mass is 32.2. The quantitative estimate of drug-likeness (QED) is 0.203. The Labute approximate surface area is 270 Å². The van der Waals surface area contributed by atoms with Gasteiger partial charge in [0.2, 0.25) is 16.0 Å². The van der Waals surface area contributed by atoms with E-state index < -0.39 is 38.4 Å². The lowest BCUT2D eigenvalue weighted by atomic mass is 9.82. The number of aromatic nitrogens is 2. The normalized spacial score (nSPS) is 19.7. The molecule has 0 unspecified atom stereocenters. The molecule has 1 aromatic heterocycles. The number of morpholine rings is 1. The first kappa shape index (κ1) is 36.6. The van der Waals surface area contributed by atoms with Crippen molar-refractivity contribution < 1.29 is 39.5 Å². The number of alkyl halides is 6. The lowest BCUT2D eigenvalue weighted by molar-refractivity contribution is -0.143. The van der Waals surface area contributed by atoms with Crippen molar-refractivity contribution in [3.8, 4) is 0 Å². The molecule has 0 atom stereocenters. The van der Waals surface area contributed by atoms with E-state index in [2.05, 4.69) is 25.2 Å². The van der Waals surface area contributed by atoms with E-state index in [1.54, 1.807) is 0 Å². The standard InChI is InChI=1S/C30H36F6N6O3S.CH4/c31-29(32,33)22-15-23(30(34,35)36)17-24(16-22)46(43,44)39-19-21-7-5-20(6-8-21)18-38-28-40-26-4-2-1-3-25(26)27(41-28)37-9-10-42-11-13-45-14-12-42;/h1-4,15-17,20-21,39H,5-14,18-19H2,(H2,37,38,40,41);1H4. The van der Waals surface area contributed by atoms with Gasteiger partial charge in [0.25, 0.3) is 0 Å². The molecule has 0 radical (unpaired) electrons. The second kappa shape index (κ2) is 15.3. The van der Waals surface area contributed by atoms with Crippen LogP contribution in [0.3, 0.4) is 0 Å². The second-order valence-corrected chi connectivity index (χ2v) is 13.4. The summed E-state index contributed by atoms with van der Waals surface area (Å²) >= 11 is 0. The third kappa shape index (κ3) is 9.90. The molecule has 16 heteroatoms. The van der Waals surface area contributed by atoms with Gasteiger partial charge < -0.3 is 15.4 Å². The average molecular weight is 691 g/mol. The van der Waals surface area contributed by atoms with Crippen LogP contribution in [-0.4, -0.2) is 75.8 Å². The summed E-state index contributed by atoms with van der Waals surface area (Å²) < 4.78 is 112. The summed E-state index contributed by atoms with van der Waals surface area (Å²) in [6.07, 6.45) is -7.51. The van der Waals surface area contributed by atoms with E-state index in [0.717, 1.165) is 62.4 Å². The molecule has 5 rings (SSSR count). The minimum atomic E-state index is -5.14. The van der Waals surface area contributed by atoms with Crippen LogP contribution in [0.25, 0.3) is 10.9 Å². The third-order valence-electron chi connectivity index (χ3n) is 8.38. The molecule has 2 heterocycles. The van der Waals surface area contributed by atoms with Crippen molar-refractivity contribution >= 4 is 32.7 Å². The minimum absolute atomic E-state index is 0. The Morgan fingerprint density at radius 3 is 2.04 bits per heavy atom. The molecule has 3 aromatic rings. The number of benzene rings is 2. The first-order chi connectivity index (χ1) is 21.8. The molecule has 1 aliphatic carbocycles. The maximum atomic E-state index is 13.2. The zero-order valence-electron chi connectivity index (χ0n) is 24.9. The zero-order valence-corrected chi connectivity index (χ0v) is 25.7. The van der Waals surface area contributed by atoms with Crippen molar-refractivity contribution in [2.24, 2.45) is 11.8 Å². The smallest absolute Gasteiger partial charge is 0.379 e. The van der Waals surface area contributed by atoms with Crippen LogP contribution in [0, 0.1) is 11.8 Å². The number of nitrogens with zero attached hydrogens (tertiary/aromatic N) is 3. The first-order valence-corrected chi connectivity index (χ1v) is 16.6. The highest BCUT2D eigenvalue weighted by molar-refractivity contribution is 7.89. The number of sulfonamides is 1. The molecule has 0 amide bonds. The molecule has 1 saturated heterocycles. The van der Waals surface area contributed by atoms with Crippen LogP contribution in [0.15, 0.2) is 47.4 Å². The topological polar surface area (TPSA) is 108 Å². The molecule has 1 aliphatic heterocycles. The van der Waals surface area contributed by atoms with Gasteiger partial charge in [0.1, 0.15) is 5.82 Å². The summed E-state index contributed by atoms with van der Waals surface area (Å²) in [5, 5.41) is 7.68. The van der Waals surface area contributed by atoms with Crippen LogP contribution in [0.1, 0.15) is 44.2 Å². The summed E-state index contributed by atoms with van der Waals surface area (Å²) in [4.78, 5) is 10.6. The van der Waals surface area contributed by atoms with Gasteiger partial charge in [-0.3, -0.25) is 4.90 Å². The van der Waals surface area contributed by atoms with Crippen molar-refractivity contribution in [3.05, 3.63) is 53.6 Å². The minimum Gasteiger partial charge on any atom is -0.379 e. The first-order valence-electron chi connectivity index (χ1n) is 15.1. The van der Waals surface area contributed by atoms with Crippen LogP contribution < -0.4 is 15.4 Å². The average Bonchev–Trinajstić information content (AvgIpc) is 3.03. The number of hydrogen-bond acceptors (Lipinski definition) is 8. The second-order valence-electron chi connectivity index (χ2n) is 11.7. The van der Waals surface area contributed by atoms with Crippen LogP contribution in [-0.2, 0) is 27.1 Å². The fraction of sp³-hybridized carbons (Fsp3) is 0.548. The fourth-order valence-corrected chi connectivity index (χ4v) is 6.90. The van der Waals surface area contributed by atoms with Gasteiger partial charge in [-0.2, -0.15) is 31.3 Å². The predicted molar refractivity (Wildman–Crippen MR) is 168 cm³/mol. The Hall–Kier alpha value is -3.21. The molecule has 2 aromatic carbocycles. The Kier molecular flexibility index (Phi) is 12.0. The van der Waals surface area contributed by atoms with Crippen LogP contribution in [0.2, 0.25) is 0 Å². The molecular formula is C31H40F6N6O3S. The highest BCUT2D eigenvalue weighted by Gasteiger charge is 2.38. The zero-order chi connectivity index (χ0) is 33.0. The molecule has 1 saturated carbocycles. The Bertz CT molecular complexity index is 1560. The third-order valence-corrected chi connectivity index (χ3v) is 9.78. The van der Waals surface area contributed by atoms with Gasteiger partial charge in [-0.25, -0.2) is 18.1 Å². The Morgan fingerprint density at radius 1 is 0.830 bits per heavy atom. The molecule has 47 heavy (non-hydrogen) atoms. The lowest BCUT2D eigenvalue weighted by Gasteiger charge is -2.29. The van der Waals surface area contributed by atoms with Gasteiger partial charge >= 0.3 is 12.4 Å². The molecule has 9 nitrogen and oxygen atoms in total. The van der Waals surface area contributed by atoms with Crippen molar-refractivity contribution in [1.29, 1.82) is 0 Å². The number of nitrogens with one attached hydrogen (secondary N) is 3. The monoisotopic (exact) mass is 690 g/mol. The van der Waals surface area contributed by atoms with Gasteiger partial charge in [0.15, 0.2) is 0 Å². The Balaban J connectivity index is 0.00000500. The number of anilines is 2. The number of ether oxygens (including phenoxy) is 1. The molecule has 2 fully saturated rings. The van der Waals surface area contributed by atoms with Gasteiger partial charge in [0.05, 0.1) is 34.8 Å². The number of hydrogen-bond donors (Lipinski definition) is 3. The van der Waals surface area contributed by atoms with Gasteiger partial charge in [-0.15, -0.1) is 0 Å². The predicted octanol–water partition coefficient (Wildman–Crippen LogP) is 6.24. The van der Waals surface area contributed by atoms with Gasteiger partial charge in [0, 0.05) is 44.7 Å². The largest absolute Gasteiger partial charge is 0.416 e. The molecular weight excluding hydrogens is 650 g/mol. The summed E-state index contributed by atoms with van der Waals surface area (Å²) in [5.41, 5.74) is -2.56. The Morgan fingerprint density at radius 2 is 1.43 bits per heavy atom. The van der Waals surface area contributed by atoms with Gasteiger partial charge in [-0.1, -0.05) is 19.6 Å². The molecule has 0 bridgehead atoms. The van der Waals surface area contributed by atoms with E-state index in [0.29, 0.717) is 31.9 Å². The van der Waals surface area contributed by atoms with Crippen LogP contribution in [0.4, 0.5) is 38.1 Å².